The van der Waals surface area contributed by atoms with Crippen molar-refractivity contribution in [1.82, 2.24) is 5.32 Å². The Kier molecular flexibility index (Phi) is 3.59. The summed E-state index contributed by atoms with van der Waals surface area (Å²) in [5.74, 6) is 0. The molecule has 0 aromatic rings. The third-order valence-electron chi connectivity index (χ3n) is 3.49. The standard InChI is InChI=1S/C12H25NO/c1-10(2)13-11(3,4)12(14)8-6-5-7-9-12/h10,13-14H,5-9H2,1-4H3. The molecule has 0 aliphatic heterocycles. The van der Waals surface area contributed by atoms with Gasteiger partial charge in [-0.15, -0.1) is 0 Å². The van der Waals surface area contributed by atoms with Gasteiger partial charge in [0.15, 0.2) is 0 Å². The summed E-state index contributed by atoms with van der Waals surface area (Å²) in [7, 11) is 0. The van der Waals surface area contributed by atoms with Crippen LogP contribution in [0.15, 0.2) is 0 Å². The molecule has 1 fully saturated rings. The minimum atomic E-state index is -0.504. The Hall–Kier alpha value is -0.0800. The van der Waals surface area contributed by atoms with Gasteiger partial charge < -0.3 is 10.4 Å². The number of rotatable bonds is 3. The van der Waals surface area contributed by atoms with Crippen LogP contribution in [0.4, 0.5) is 0 Å². The highest BCUT2D eigenvalue weighted by atomic mass is 16.3. The molecule has 0 spiro atoms. The maximum atomic E-state index is 10.6. The summed E-state index contributed by atoms with van der Waals surface area (Å²) >= 11 is 0. The molecule has 0 bridgehead atoms. The summed E-state index contributed by atoms with van der Waals surface area (Å²) in [6, 6.07) is 0.427. The van der Waals surface area contributed by atoms with Crippen molar-refractivity contribution in [2.24, 2.45) is 0 Å². The van der Waals surface area contributed by atoms with Gasteiger partial charge in [-0.25, -0.2) is 0 Å². The second-order valence-electron chi connectivity index (χ2n) is 5.52. The van der Waals surface area contributed by atoms with Crippen LogP contribution in [0.2, 0.25) is 0 Å². The first kappa shape index (κ1) is 12.0. The van der Waals surface area contributed by atoms with Crippen LogP contribution in [0.3, 0.4) is 0 Å². The topological polar surface area (TPSA) is 32.3 Å². The highest BCUT2D eigenvalue weighted by Gasteiger charge is 2.43. The lowest BCUT2D eigenvalue weighted by molar-refractivity contribution is -0.0684. The summed E-state index contributed by atoms with van der Waals surface area (Å²) in [6.45, 7) is 8.51. The van der Waals surface area contributed by atoms with E-state index < -0.39 is 5.60 Å². The Morgan fingerprint density at radius 2 is 1.64 bits per heavy atom. The molecule has 0 aromatic heterocycles. The Bertz CT molecular complexity index is 181. The van der Waals surface area contributed by atoms with Gasteiger partial charge in [-0.3, -0.25) is 0 Å². The second kappa shape index (κ2) is 4.19. The predicted molar refractivity (Wildman–Crippen MR) is 60.4 cm³/mol. The lowest BCUT2D eigenvalue weighted by Gasteiger charge is -2.46. The van der Waals surface area contributed by atoms with Crippen molar-refractivity contribution in [2.45, 2.75) is 77.0 Å². The van der Waals surface area contributed by atoms with Gasteiger partial charge in [-0.05, 0) is 26.7 Å². The highest BCUT2D eigenvalue weighted by Crippen LogP contribution is 2.36. The van der Waals surface area contributed by atoms with Gasteiger partial charge in [0, 0.05) is 11.6 Å². The lowest BCUT2D eigenvalue weighted by atomic mass is 9.72. The largest absolute Gasteiger partial charge is 0.388 e. The molecule has 2 N–H and O–H groups in total. The molecule has 1 rings (SSSR count). The van der Waals surface area contributed by atoms with Crippen molar-refractivity contribution in [2.75, 3.05) is 0 Å². The van der Waals surface area contributed by atoms with Gasteiger partial charge in [-0.1, -0.05) is 33.1 Å². The van der Waals surface area contributed by atoms with E-state index in [9.17, 15) is 5.11 Å². The smallest absolute Gasteiger partial charge is 0.0823 e. The van der Waals surface area contributed by atoms with Crippen LogP contribution in [-0.4, -0.2) is 22.3 Å². The van der Waals surface area contributed by atoms with Crippen LogP contribution in [0, 0.1) is 0 Å². The van der Waals surface area contributed by atoms with Crippen molar-refractivity contribution < 1.29 is 5.11 Å². The van der Waals surface area contributed by atoms with Crippen LogP contribution in [-0.2, 0) is 0 Å². The average Bonchev–Trinajstić information content (AvgIpc) is 2.02. The van der Waals surface area contributed by atoms with E-state index in [1.54, 1.807) is 0 Å². The highest BCUT2D eigenvalue weighted by molar-refractivity contribution is 5.01. The Morgan fingerprint density at radius 1 is 1.14 bits per heavy atom. The maximum absolute atomic E-state index is 10.6. The summed E-state index contributed by atoms with van der Waals surface area (Å²) < 4.78 is 0. The predicted octanol–water partition coefficient (Wildman–Crippen LogP) is 2.46. The second-order valence-corrected chi connectivity index (χ2v) is 5.52. The molecule has 2 heteroatoms. The number of nitrogens with one attached hydrogen (secondary N) is 1. The zero-order valence-corrected chi connectivity index (χ0v) is 10.1. The molecule has 84 valence electrons. The zero-order valence-electron chi connectivity index (χ0n) is 10.1. The normalized spacial score (nSPS) is 22.7. The van der Waals surface area contributed by atoms with Crippen molar-refractivity contribution in [3.05, 3.63) is 0 Å². The van der Waals surface area contributed by atoms with Crippen molar-refractivity contribution >= 4 is 0 Å². The minimum absolute atomic E-state index is 0.165. The Morgan fingerprint density at radius 3 is 2.07 bits per heavy atom. The van der Waals surface area contributed by atoms with Gasteiger partial charge in [0.1, 0.15) is 0 Å². The summed E-state index contributed by atoms with van der Waals surface area (Å²) in [5, 5.41) is 14.1. The van der Waals surface area contributed by atoms with Crippen molar-refractivity contribution in [3.8, 4) is 0 Å². The lowest BCUT2D eigenvalue weighted by Crippen LogP contribution is -2.61. The molecular weight excluding hydrogens is 174 g/mol. The first-order valence-corrected chi connectivity index (χ1v) is 5.87. The van der Waals surface area contributed by atoms with Gasteiger partial charge in [0.05, 0.1) is 5.60 Å². The summed E-state index contributed by atoms with van der Waals surface area (Å²) in [6.07, 6.45) is 5.50. The third-order valence-corrected chi connectivity index (χ3v) is 3.49. The Labute approximate surface area is 88.1 Å². The molecular formula is C12H25NO. The first-order chi connectivity index (χ1) is 6.37. The Balaban J connectivity index is 2.67. The van der Waals surface area contributed by atoms with E-state index >= 15 is 0 Å². The fraction of sp³-hybridized carbons (Fsp3) is 1.00. The van der Waals surface area contributed by atoms with E-state index in [0.29, 0.717) is 6.04 Å². The maximum Gasteiger partial charge on any atom is 0.0823 e. The fourth-order valence-electron chi connectivity index (χ4n) is 2.62. The van der Waals surface area contributed by atoms with Crippen LogP contribution in [0.25, 0.3) is 0 Å². The third kappa shape index (κ3) is 2.48. The van der Waals surface area contributed by atoms with E-state index in [-0.39, 0.29) is 5.54 Å². The number of hydrogen-bond donors (Lipinski definition) is 2. The van der Waals surface area contributed by atoms with Crippen LogP contribution < -0.4 is 5.32 Å². The van der Waals surface area contributed by atoms with E-state index in [1.807, 2.05) is 0 Å². The molecule has 0 heterocycles. The van der Waals surface area contributed by atoms with E-state index in [1.165, 1.54) is 19.3 Å². The SMILES string of the molecule is CC(C)NC(C)(C)C1(O)CCCCC1. The minimum Gasteiger partial charge on any atom is -0.388 e. The summed E-state index contributed by atoms with van der Waals surface area (Å²) in [4.78, 5) is 0. The quantitative estimate of drug-likeness (QED) is 0.732. The number of aliphatic hydroxyl groups is 1. The molecule has 0 radical (unpaired) electrons. The van der Waals surface area contributed by atoms with E-state index in [2.05, 4.69) is 33.0 Å². The van der Waals surface area contributed by atoms with E-state index in [4.69, 9.17) is 0 Å². The molecule has 0 aromatic carbocycles. The number of hydrogen-bond acceptors (Lipinski definition) is 2. The zero-order chi connectivity index (χ0) is 10.8. The van der Waals surface area contributed by atoms with Crippen LogP contribution in [0.5, 0.6) is 0 Å². The average molecular weight is 199 g/mol. The molecule has 1 saturated carbocycles. The molecule has 0 unspecified atom stereocenters. The molecule has 1 aliphatic carbocycles. The molecule has 0 saturated heterocycles. The van der Waals surface area contributed by atoms with Gasteiger partial charge in [-0.2, -0.15) is 0 Å². The van der Waals surface area contributed by atoms with Gasteiger partial charge in [0.25, 0.3) is 0 Å². The first-order valence-electron chi connectivity index (χ1n) is 5.87. The van der Waals surface area contributed by atoms with Crippen molar-refractivity contribution in [1.29, 1.82) is 0 Å². The molecule has 0 atom stereocenters. The molecule has 1 aliphatic rings. The fourth-order valence-corrected chi connectivity index (χ4v) is 2.62. The molecule has 2 nitrogen and oxygen atoms in total. The monoisotopic (exact) mass is 199 g/mol. The van der Waals surface area contributed by atoms with E-state index in [0.717, 1.165) is 12.8 Å². The van der Waals surface area contributed by atoms with Gasteiger partial charge >= 0.3 is 0 Å². The van der Waals surface area contributed by atoms with Crippen LogP contribution in [0.1, 0.15) is 59.8 Å². The van der Waals surface area contributed by atoms with Crippen LogP contribution >= 0.6 is 0 Å². The van der Waals surface area contributed by atoms with Crippen molar-refractivity contribution in [3.63, 3.8) is 0 Å². The molecule has 0 amide bonds. The van der Waals surface area contributed by atoms with Gasteiger partial charge in [0.2, 0.25) is 0 Å². The molecule has 14 heavy (non-hydrogen) atoms. The summed E-state index contributed by atoms with van der Waals surface area (Å²) in [5.41, 5.74) is -0.670.